The summed E-state index contributed by atoms with van der Waals surface area (Å²) in [5.74, 6) is -2.01. The average Bonchev–Trinajstić information content (AvgIpc) is 3.04. The van der Waals surface area contributed by atoms with Crippen molar-refractivity contribution in [1.82, 2.24) is 4.98 Å². The summed E-state index contributed by atoms with van der Waals surface area (Å²) in [7, 11) is 0. The molecule has 0 radical (unpaired) electrons. The molecule has 0 bridgehead atoms. The van der Waals surface area contributed by atoms with Crippen LogP contribution in [-0.2, 0) is 9.53 Å². The van der Waals surface area contributed by atoms with Gasteiger partial charge in [-0.1, -0.05) is 12.1 Å². The molecule has 1 aromatic carbocycles. The third-order valence-corrected chi connectivity index (χ3v) is 5.51. The number of halogens is 1. The largest absolute Gasteiger partial charge is 0.451 e. The van der Waals surface area contributed by atoms with Crippen molar-refractivity contribution in [3.8, 4) is 6.07 Å². The van der Waals surface area contributed by atoms with E-state index in [1.807, 2.05) is 26.0 Å². The maximum Gasteiger partial charge on any atom is 0.351 e. The minimum absolute atomic E-state index is 0.00157. The van der Waals surface area contributed by atoms with Gasteiger partial charge in [0, 0.05) is 17.6 Å². The van der Waals surface area contributed by atoms with Crippen LogP contribution in [0.5, 0.6) is 0 Å². The Kier molecular flexibility index (Phi) is 6.28. The normalized spacial score (nSPS) is 10.6. The fraction of sp³-hybridized carbons (Fsp3) is 0.238. The van der Waals surface area contributed by atoms with E-state index in [-0.39, 0.29) is 29.2 Å². The van der Waals surface area contributed by atoms with E-state index in [0.29, 0.717) is 10.2 Å². The summed E-state index contributed by atoms with van der Waals surface area (Å²) in [5.41, 5.74) is 8.09. The van der Waals surface area contributed by atoms with Gasteiger partial charge in [-0.15, -0.1) is 11.3 Å². The smallest absolute Gasteiger partial charge is 0.351 e. The maximum atomic E-state index is 14.1. The van der Waals surface area contributed by atoms with Crippen molar-refractivity contribution in [3.05, 3.63) is 52.3 Å². The van der Waals surface area contributed by atoms with Crippen LogP contribution in [0.1, 0.15) is 27.3 Å². The number of esters is 1. The number of nitrogen functional groups attached to an aromatic ring is 1. The lowest BCUT2D eigenvalue weighted by Crippen LogP contribution is -2.36. The Balaban J connectivity index is 1.79. The van der Waals surface area contributed by atoms with Crippen LogP contribution in [-0.4, -0.2) is 30.0 Å². The van der Waals surface area contributed by atoms with Crippen molar-refractivity contribution in [2.45, 2.75) is 20.3 Å². The van der Waals surface area contributed by atoms with Gasteiger partial charge in [0.2, 0.25) is 0 Å². The molecule has 0 aliphatic carbocycles. The summed E-state index contributed by atoms with van der Waals surface area (Å²) in [6.45, 7) is 3.08. The number of aromatic nitrogens is 1. The Morgan fingerprint density at radius 3 is 2.77 bits per heavy atom. The van der Waals surface area contributed by atoms with Crippen LogP contribution in [0.4, 0.5) is 15.8 Å². The van der Waals surface area contributed by atoms with E-state index in [0.717, 1.165) is 27.5 Å². The summed E-state index contributed by atoms with van der Waals surface area (Å²) in [6, 6.07) is 9.49. The number of nitrogens with two attached hydrogens (primary N) is 1. The van der Waals surface area contributed by atoms with Crippen molar-refractivity contribution in [2.75, 3.05) is 23.8 Å². The molecule has 3 rings (SSSR count). The molecule has 30 heavy (non-hydrogen) atoms. The van der Waals surface area contributed by atoms with Gasteiger partial charge in [-0.3, -0.25) is 4.79 Å². The minimum atomic E-state index is -0.755. The summed E-state index contributed by atoms with van der Waals surface area (Å²) >= 11 is 1.09. The molecule has 0 aliphatic heterocycles. The first-order chi connectivity index (χ1) is 14.3. The van der Waals surface area contributed by atoms with E-state index >= 15 is 0 Å². The molecule has 0 saturated heterocycles. The first-order valence-corrected chi connectivity index (χ1v) is 9.90. The fourth-order valence-corrected chi connectivity index (χ4v) is 4.21. The number of anilines is 2. The van der Waals surface area contributed by atoms with E-state index in [1.165, 1.54) is 18.2 Å². The van der Waals surface area contributed by atoms with Gasteiger partial charge in [-0.05, 0) is 37.6 Å². The first-order valence-electron chi connectivity index (χ1n) is 9.08. The number of carbonyl (C=O) groups is 2. The lowest BCUT2D eigenvalue weighted by molar-refractivity contribution is -0.121. The minimum Gasteiger partial charge on any atom is -0.451 e. The van der Waals surface area contributed by atoms with Crippen LogP contribution in [0.15, 0.2) is 30.3 Å². The zero-order chi connectivity index (χ0) is 21.8. The standard InChI is InChI=1S/C21H19FN4O3S/c1-12-10-13(2)25-20-17(12)18(24)19(30-20)21(28)29-11-16(27)26(9-5-8-23)15-7-4-3-6-14(15)22/h3-4,6-7,10H,5,9,11,24H2,1-2H3. The predicted molar refractivity (Wildman–Crippen MR) is 113 cm³/mol. The van der Waals surface area contributed by atoms with Gasteiger partial charge in [0.1, 0.15) is 15.5 Å². The molecule has 7 nitrogen and oxygen atoms in total. The van der Waals surface area contributed by atoms with Crippen molar-refractivity contribution in [3.63, 3.8) is 0 Å². The predicted octanol–water partition coefficient (Wildman–Crippen LogP) is 3.74. The van der Waals surface area contributed by atoms with Crippen molar-refractivity contribution in [2.24, 2.45) is 0 Å². The highest BCUT2D eigenvalue weighted by Gasteiger charge is 2.24. The van der Waals surface area contributed by atoms with Gasteiger partial charge in [0.05, 0.1) is 23.9 Å². The number of amides is 1. The Hall–Kier alpha value is -3.51. The summed E-state index contributed by atoms with van der Waals surface area (Å²) in [5, 5.41) is 9.52. The second-order valence-electron chi connectivity index (χ2n) is 6.59. The highest BCUT2D eigenvalue weighted by molar-refractivity contribution is 7.21. The number of fused-ring (bicyclic) bond motifs is 1. The van der Waals surface area contributed by atoms with E-state index in [2.05, 4.69) is 4.98 Å². The van der Waals surface area contributed by atoms with Gasteiger partial charge in [-0.2, -0.15) is 5.26 Å². The molecular weight excluding hydrogens is 407 g/mol. The van der Waals surface area contributed by atoms with Gasteiger partial charge < -0.3 is 15.4 Å². The fourth-order valence-electron chi connectivity index (χ4n) is 3.10. The van der Waals surface area contributed by atoms with E-state index < -0.39 is 24.3 Å². The molecule has 1 amide bonds. The van der Waals surface area contributed by atoms with E-state index in [1.54, 1.807) is 6.07 Å². The molecule has 2 aromatic heterocycles. The molecule has 2 heterocycles. The molecule has 154 valence electrons. The summed E-state index contributed by atoms with van der Waals surface area (Å²) in [4.78, 5) is 31.4. The number of hydrogen-bond donors (Lipinski definition) is 1. The van der Waals surface area contributed by atoms with Crippen LogP contribution in [0, 0.1) is 31.0 Å². The number of aryl methyl sites for hydroxylation is 2. The van der Waals surface area contributed by atoms with Gasteiger partial charge >= 0.3 is 5.97 Å². The van der Waals surface area contributed by atoms with Crippen LogP contribution >= 0.6 is 11.3 Å². The SMILES string of the molecule is Cc1cc(C)c2c(N)c(C(=O)OCC(=O)N(CCC#N)c3ccccc3F)sc2n1. The molecule has 0 aliphatic rings. The molecule has 0 spiro atoms. The van der Waals surface area contributed by atoms with Crippen LogP contribution in [0.3, 0.4) is 0 Å². The Bertz CT molecular complexity index is 1170. The highest BCUT2D eigenvalue weighted by Crippen LogP contribution is 2.35. The Labute approximate surface area is 176 Å². The number of nitriles is 1. The number of pyridine rings is 1. The Morgan fingerprint density at radius 2 is 2.07 bits per heavy atom. The molecule has 9 heteroatoms. The number of hydrogen-bond acceptors (Lipinski definition) is 7. The lowest BCUT2D eigenvalue weighted by Gasteiger charge is -2.22. The van der Waals surface area contributed by atoms with Crippen LogP contribution < -0.4 is 10.6 Å². The third-order valence-electron chi connectivity index (χ3n) is 4.43. The van der Waals surface area contributed by atoms with Crippen molar-refractivity contribution in [1.29, 1.82) is 5.26 Å². The number of benzene rings is 1. The molecule has 0 fully saturated rings. The maximum absolute atomic E-state index is 14.1. The molecular formula is C21H19FN4O3S. The van der Waals surface area contributed by atoms with Crippen molar-refractivity contribution >= 4 is 44.8 Å². The number of ether oxygens (including phenoxy) is 1. The zero-order valence-electron chi connectivity index (χ0n) is 16.4. The lowest BCUT2D eigenvalue weighted by atomic mass is 10.1. The quantitative estimate of drug-likeness (QED) is 0.602. The number of carbonyl (C=O) groups excluding carboxylic acids is 2. The first kappa shape index (κ1) is 21.2. The van der Waals surface area contributed by atoms with Gasteiger partial charge in [0.15, 0.2) is 6.61 Å². The second-order valence-corrected chi connectivity index (χ2v) is 7.59. The summed E-state index contributed by atoms with van der Waals surface area (Å²) < 4.78 is 19.3. The molecule has 0 atom stereocenters. The molecule has 2 N–H and O–H groups in total. The molecule has 0 unspecified atom stereocenters. The van der Waals surface area contributed by atoms with Crippen LogP contribution in [0.25, 0.3) is 10.2 Å². The van der Waals surface area contributed by atoms with Gasteiger partial charge in [0.25, 0.3) is 5.91 Å². The van der Waals surface area contributed by atoms with Crippen molar-refractivity contribution < 1.29 is 18.7 Å². The third kappa shape index (κ3) is 4.23. The number of rotatable bonds is 6. The van der Waals surface area contributed by atoms with E-state index in [4.69, 9.17) is 15.7 Å². The Morgan fingerprint density at radius 1 is 1.33 bits per heavy atom. The monoisotopic (exact) mass is 426 g/mol. The second kappa shape index (κ2) is 8.88. The number of thiophene rings is 1. The molecule has 0 saturated carbocycles. The van der Waals surface area contributed by atoms with Gasteiger partial charge in [-0.25, -0.2) is 14.2 Å². The number of nitrogens with zero attached hydrogens (tertiary/aromatic N) is 3. The summed E-state index contributed by atoms with van der Waals surface area (Å²) in [6.07, 6.45) is 0.00157. The zero-order valence-corrected chi connectivity index (χ0v) is 17.3. The topological polar surface area (TPSA) is 109 Å². The number of para-hydroxylation sites is 1. The highest BCUT2D eigenvalue weighted by atomic mass is 32.1. The van der Waals surface area contributed by atoms with E-state index in [9.17, 15) is 14.0 Å². The molecule has 3 aromatic rings. The average molecular weight is 426 g/mol. The van der Waals surface area contributed by atoms with Crippen LogP contribution in [0.2, 0.25) is 0 Å².